The van der Waals surface area contributed by atoms with Crippen molar-refractivity contribution in [2.75, 3.05) is 7.05 Å². The minimum Gasteiger partial charge on any atom is -0.316 e. The Morgan fingerprint density at radius 1 is 1.50 bits per heavy atom. The lowest BCUT2D eigenvalue weighted by Crippen LogP contribution is -2.04. The van der Waals surface area contributed by atoms with Crippen LogP contribution in [0.1, 0.15) is 18.4 Å². The van der Waals surface area contributed by atoms with Gasteiger partial charge in [0, 0.05) is 24.8 Å². The molecule has 0 bridgehead atoms. The molecule has 1 N–H and O–H groups in total. The molecular formula is C9H17Cl2N3. The highest BCUT2D eigenvalue weighted by Crippen LogP contribution is 2.30. The zero-order valence-electron chi connectivity index (χ0n) is 8.27. The Balaban J connectivity index is 0.000000845. The summed E-state index contributed by atoms with van der Waals surface area (Å²) in [5, 5.41) is 7.40. The van der Waals surface area contributed by atoms with E-state index in [0.717, 1.165) is 19.0 Å². The number of hydrogen-bond acceptors (Lipinski definition) is 2. The lowest BCUT2D eigenvalue weighted by Gasteiger charge is -1.96. The second-order valence-corrected chi connectivity index (χ2v) is 3.54. The van der Waals surface area contributed by atoms with E-state index in [-0.39, 0.29) is 24.8 Å². The van der Waals surface area contributed by atoms with Crippen molar-refractivity contribution in [3.05, 3.63) is 18.0 Å². The Kier molecular flexibility index (Phi) is 6.16. The van der Waals surface area contributed by atoms with Crippen LogP contribution in [0.2, 0.25) is 0 Å². The second kappa shape index (κ2) is 6.27. The van der Waals surface area contributed by atoms with Crippen molar-refractivity contribution in [1.82, 2.24) is 15.1 Å². The van der Waals surface area contributed by atoms with Crippen molar-refractivity contribution in [2.45, 2.75) is 25.9 Å². The average molecular weight is 238 g/mol. The molecule has 1 aliphatic carbocycles. The van der Waals surface area contributed by atoms with Gasteiger partial charge in [-0.15, -0.1) is 24.8 Å². The van der Waals surface area contributed by atoms with Crippen LogP contribution in [0.5, 0.6) is 0 Å². The maximum Gasteiger partial charge on any atom is 0.0534 e. The van der Waals surface area contributed by atoms with Gasteiger partial charge in [-0.1, -0.05) is 0 Å². The molecule has 2 rings (SSSR count). The predicted octanol–water partition coefficient (Wildman–Crippen LogP) is 1.86. The molecule has 1 heterocycles. The molecule has 0 atom stereocenters. The van der Waals surface area contributed by atoms with E-state index >= 15 is 0 Å². The lowest BCUT2D eigenvalue weighted by molar-refractivity contribution is 0.562. The van der Waals surface area contributed by atoms with Crippen LogP contribution in [-0.2, 0) is 13.1 Å². The highest BCUT2D eigenvalue weighted by molar-refractivity contribution is 5.85. The van der Waals surface area contributed by atoms with Crippen molar-refractivity contribution in [2.24, 2.45) is 5.92 Å². The topological polar surface area (TPSA) is 29.9 Å². The van der Waals surface area contributed by atoms with Crippen LogP contribution in [0.15, 0.2) is 12.4 Å². The van der Waals surface area contributed by atoms with Gasteiger partial charge in [-0.2, -0.15) is 5.10 Å². The van der Waals surface area contributed by atoms with Gasteiger partial charge < -0.3 is 5.32 Å². The molecule has 0 saturated heterocycles. The first-order valence-corrected chi connectivity index (χ1v) is 4.54. The summed E-state index contributed by atoms with van der Waals surface area (Å²) in [5.74, 6) is 0.910. The summed E-state index contributed by atoms with van der Waals surface area (Å²) in [7, 11) is 1.96. The fourth-order valence-electron chi connectivity index (χ4n) is 1.37. The highest BCUT2D eigenvalue weighted by atomic mass is 35.5. The standard InChI is InChI=1S/C9H15N3.2ClH/c1-10-4-9-5-11-12(7-9)6-8-2-3-8;;/h5,7-8,10H,2-4,6H2,1H3;2*1H. The molecule has 3 nitrogen and oxygen atoms in total. The largest absolute Gasteiger partial charge is 0.316 e. The fourth-order valence-corrected chi connectivity index (χ4v) is 1.37. The average Bonchev–Trinajstić information content (AvgIpc) is 2.74. The first-order chi connectivity index (χ1) is 5.88. The van der Waals surface area contributed by atoms with Crippen LogP contribution in [0.3, 0.4) is 0 Å². The summed E-state index contributed by atoms with van der Waals surface area (Å²) < 4.78 is 2.06. The fraction of sp³-hybridized carbons (Fsp3) is 0.667. The van der Waals surface area contributed by atoms with Crippen molar-refractivity contribution >= 4 is 24.8 Å². The van der Waals surface area contributed by atoms with Crippen LogP contribution in [0.4, 0.5) is 0 Å². The Morgan fingerprint density at radius 3 is 2.79 bits per heavy atom. The quantitative estimate of drug-likeness (QED) is 0.867. The Morgan fingerprint density at radius 2 is 2.21 bits per heavy atom. The molecule has 82 valence electrons. The van der Waals surface area contributed by atoms with Crippen LogP contribution in [0, 0.1) is 5.92 Å². The summed E-state index contributed by atoms with van der Waals surface area (Å²) in [6.07, 6.45) is 6.86. The zero-order chi connectivity index (χ0) is 8.39. The van der Waals surface area contributed by atoms with E-state index in [0.29, 0.717) is 0 Å². The van der Waals surface area contributed by atoms with E-state index in [2.05, 4.69) is 21.3 Å². The minimum atomic E-state index is 0. The third kappa shape index (κ3) is 3.86. The molecule has 1 aliphatic rings. The Labute approximate surface area is 97.1 Å². The van der Waals surface area contributed by atoms with Crippen molar-refractivity contribution < 1.29 is 0 Å². The van der Waals surface area contributed by atoms with Gasteiger partial charge in [-0.05, 0) is 25.8 Å². The first kappa shape index (κ1) is 13.8. The molecule has 0 aromatic carbocycles. The number of rotatable bonds is 4. The first-order valence-electron chi connectivity index (χ1n) is 4.54. The third-order valence-corrected chi connectivity index (χ3v) is 2.21. The van der Waals surface area contributed by atoms with E-state index in [1.807, 2.05) is 13.2 Å². The Hall–Kier alpha value is -0.250. The predicted molar refractivity (Wildman–Crippen MR) is 62.2 cm³/mol. The van der Waals surface area contributed by atoms with E-state index in [4.69, 9.17) is 0 Å². The number of aromatic nitrogens is 2. The highest BCUT2D eigenvalue weighted by Gasteiger charge is 2.21. The maximum absolute atomic E-state index is 4.29. The van der Waals surface area contributed by atoms with Crippen molar-refractivity contribution in [3.8, 4) is 0 Å². The number of nitrogens with zero attached hydrogens (tertiary/aromatic N) is 2. The van der Waals surface area contributed by atoms with Gasteiger partial charge in [0.25, 0.3) is 0 Å². The SMILES string of the molecule is CNCc1cnn(CC2CC2)c1.Cl.Cl. The summed E-state index contributed by atoms with van der Waals surface area (Å²) >= 11 is 0. The van der Waals surface area contributed by atoms with E-state index in [9.17, 15) is 0 Å². The molecule has 14 heavy (non-hydrogen) atoms. The summed E-state index contributed by atoms with van der Waals surface area (Å²) in [6, 6.07) is 0. The van der Waals surface area contributed by atoms with Gasteiger partial charge in [-0.3, -0.25) is 4.68 Å². The summed E-state index contributed by atoms with van der Waals surface area (Å²) in [4.78, 5) is 0. The molecule has 0 radical (unpaired) electrons. The molecule has 1 saturated carbocycles. The molecule has 1 fully saturated rings. The Bertz CT molecular complexity index is 258. The lowest BCUT2D eigenvalue weighted by atomic mass is 10.3. The third-order valence-electron chi connectivity index (χ3n) is 2.21. The van der Waals surface area contributed by atoms with Gasteiger partial charge in [-0.25, -0.2) is 0 Å². The molecule has 1 aromatic heterocycles. The van der Waals surface area contributed by atoms with E-state index < -0.39 is 0 Å². The molecule has 0 unspecified atom stereocenters. The van der Waals surface area contributed by atoms with Gasteiger partial charge in [0.15, 0.2) is 0 Å². The van der Waals surface area contributed by atoms with Crippen LogP contribution in [-0.4, -0.2) is 16.8 Å². The number of nitrogens with one attached hydrogen (secondary N) is 1. The van der Waals surface area contributed by atoms with Crippen molar-refractivity contribution in [1.29, 1.82) is 0 Å². The molecule has 0 amide bonds. The number of hydrogen-bond donors (Lipinski definition) is 1. The van der Waals surface area contributed by atoms with Gasteiger partial charge >= 0.3 is 0 Å². The van der Waals surface area contributed by atoms with Crippen molar-refractivity contribution in [3.63, 3.8) is 0 Å². The van der Waals surface area contributed by atoms with E-state index in [1.54, 1.807) is 0 Å². The van der Waals surface area contributed by atoms with Gasteiger partial charge in [0.1, 0.15) is 0 Å². The van der Waals surface area contributed by atoms with Crippen LogP contribution >= 0.6 is 24.8 Å². The smallest absolute Gasteiger partial charge is 0.0534 e. The minimum absolute atomic E-state index is 0. The molecule has 0 aliphatic heterocycles. The van der Waals surface area contributed by atoms with Gasteiger partial charge in [0.2, 0.25) is 0 Å². The molecule has 0 spiro atoms. The zero-order valence-corrected chi connectivity index (χ0v) is 9.90. The maximum atomic E-state index is 4.29. The summed E-state index contributed by atoms with van der Waals surface area (Å²) in [6.45, 7) is 2.04. The van der Waals surface area contributed by atoms with Gasteiger partial charge in [0.05, 0.1) is 6.20 Å². The molecular weight excluding hydrogens is 221 g/mol. The molecule has 1 aromatic rings. The monoisotopic (exact) mass is 237 g/mol. The van der Waals surface area contributed by atoms with Crippen LogP contribution < -0.4 is 5.32 Å². The normalized spacial score (nSPS) is 14.4. The summed E-state index contributed by atoms with van der Waals surface area (Å²) in [5.41, 5.74) is 1.28. The number of halogens is 2. The van der Waals surface area contributed by atoms with E-state index in [1.165, 1.54) is 18.4 Å². The van der Waals surface area contributed by atoms with Crippen LogP contribution in [0.25, 0.3) is 0 Å². The molecule has 5 heteroatoms. The second-order valence-electron chi connectivity index (χ2n) is 3.54.